The summed E-state index contributed by atoms with van der Waals surface area (Å²) < 4.78 is 18.5. The normalized spacial score (nSPS) is 19.8. The Kier molecular flexibility index (Phi) is 4.31. The first-order valence-electron chi connectivity index (χ1n) is 7.12. The first-order chi connectivity index (χ1) is 9.37. The molecule has 1 saturated heterocycles. The highest BCUT2D eigenvalue weighted by Crippen LogP contribution is 2.32. The molecular formula is C16H22FNO2. The van der Waals surface area contributed by atoms with Crippen LogP contribution in [0.2, 0.25) is 0 Å². The first kappa shape index (κ1) is 14.8. The van der Waals surface area contributed by atoms with Crippen LogP contribution in [0, 0.1) is 5.82 Å². The van der Waals surface area contributed by atoms with E-state index in [1.54, 1.807) is 17.0 Å². The average molecular weight is 279 g/mol. The number of likely N-dealkylation sites (tertiary alicyclic amines) is 1. The molecule has 1 aromatic carbocycles. The van der Waals surface area contributed by atoms with Gasteiger partial charge < -0.3 is 9.64 Å². The number of amides is 1. The van der Waals surface area contributed by atoms with Crippen molar-refractivity contribution >= 4 is 6.09 Å². The lowest BCUT2D eigenvalue weighted by atomic mass is 9.95. The third-order valence-electron chi connectivity index (χ3n) is 3.39. The molecule has 1 fully saturated rings. The van der Waals surface area contributed by atoms with Gasteiger partial charge in [0.25, 0.3) is 0 Å². The molecule has 0 N–H and O–H groups in total. The molecule has 1 aromatic rings. The summed E-state index contributed by atoms with van der Waals surface area (Å²) in [6, 6.07) is 6.37. The Labute approximate surface area is 119 Å². The number of hydrogen-bond donors (Lipinski definition) is 0. The van der Waals surface area contributed by atoms with Gasteiger partial charge in [-0.05, 0) is 57.7 Å². The molecule has 0 spiro atoms. The minimum atomic E-state index is -0.498. The van der Waals surface area contributed by atoms with Crippen molar-refractivity contribution in [2.24, 2.45) is 0 Å². The van der Waals surface area contributed by atoms with Crippen LogP contribution in [0.1, 0.15) is 51.6 Å². The molecule has 0 saturated carbocycles. The zero-order valence-electron chi connectivity index (χ0n) is 12.4. The molecule has 0 aromatic heterocycles. The number of rotatable bonds is 1. The van der Waals surface area contributed by atoms with Crippen LogP contribution in [-0.2, 0) is 4.74 Å². The number of ether oxygens (including phenoxy) is 1. The van der Waals surface area contributed by atoms with Crippen molar-refractivity contribution in [1.82, 2.24) is 4.90 Å². The van der Waals surface area contributed by atoms with Gasteiger partial charge in [-0.2, -0.15) is 0 Å². The summed E-state index contributed by atoms with van der Waals surface area (Å²) in [4.78, 5) is 14.1. The van der Waals surface area contributed by atoms with Gasteiger partial charge in [0, 0.05) is 6.54 Å². The lowest BCUT2D eigenvalue weighted by Gasteiger charge is -2.37. The number of nitrogens with zero attached hydrogens (tertiary/aromatic N) is 1. The Balaban J connectivity index is 2.16. The number of hydrogen-bond acceptors (Lipinski definition) is 2. The molecule has 3 nitrogen and oxygen atoms in total. The standard InChI is InChI=1S/C16H22FNO2/c1-16(2,3)20-15(19)18-11-5-4-6-14(18)12-7-9-13(17)10-8-12/h7-10,14H,4-6,11H2,1-3H3/t14-/m1/s1. The smallest absolute Gasteiger partial charge is 0.410 e. The highest BCUT2D eigenvalue weighted by atomic mass is 19.1. The molecule has 1 amide bonds. The van der Waals surface area contributed by atoms with Crippen LogP contribution in [0.25, 0.3) is 0 Å². The highest BCUT2D eigenvalue weighted by Gasteiger charge is 2.31. The van der Waals surface area contributed by atoms with Gasteiger partial charge in [0.05, 0.1) is 6.04 Å². The van der Waals surface area contributed by atoms with Crippen LogP contribution in [0.5, 0.6) is 0 Å². The summed E-state index contributed by atoms with van der Waals surface area (Å²) in [6.07, 6.45) is 2.66. The van der Waals surface area contributed by atoms with E-state index >= 15 is 0 Å². The quantitative estimate of drug-likeness (QED) is 0.767. The van der Waals surface area contributed by atoms with E-state index in [1.807, 2.05) is 20.8 Å². The van der Waals surface area contributed by atoms with Gasteiger partial charge in [-0.3, -0.25) is 0 Å². The fourth-order valence-electron chi connectivity index (χ4n) is 2.50. The Hall–Kier alpha value is -1.58. The van der Waals surface area contributed by atoms with E-state index in [-0.39, 0.29) is 18.0 Å². The van der Waals surface area contributed by atoms with Crippen molar-refractivity contribution in [3.63, 3.8) is 0 Å². The largest absolute Gasteiger partial charge is 0.444 e. The van der Waals surface area contributed by atoms with Crippen molar-refractivity contribution in [2.75, 3.05) is 6.54 Å². The van der Waals surface area contributed by atoms with Gasteiger partial charge in [-0.1, -0.05) is 12.1 Å². The first-order valence-corrected chi connectivity index (χ1v) is 7.12. The Morgan fingerprint density at radius 1 is 1.25 bits per heavy atom. The van der Waals surface area contributed by atoms with Crippen molar-refractivity contribution in [2.45, 2.75) is 51.7 Å². The predicted octanol–water partition coefficient (Wildman–Crippen LogP) is 4.29. The van der Waals surface area contributed by atoms with Crippen LogP contribution in [-0.4, -0.2) is 23.1 Å². The van der Waals surface area contributed by atoms with E-state index in [2.05, 4.69) is 0 Å². The van der Waals surface area contributed by atoms with Crippen molar-refractivity contribution in [1.29, 1.82) is 0 Å². The molecule has 110 valence electrons. The Bertz CT molecular complexity index is 464. The second-order valence-corrected chi connectivity index (χ2v) is 6.24. The van der Waals surface area contributed by atoms with Crippen LogP contribution < -0.4 is 0 Å². The number of piperidine rings is 1. The second-order valence-electron chi connectivity index (χ2n) is 6.24. The molecule has 2 rings (SSSR count). The van der Waals surface area contributed by atoms with Gasteiger partial charge in [0.2, 0.25) is 0 Å². The summed E-state index contributed by atoms with van der Waals surface area (Å²) in [7, 11) is 0. The molecule has 1 atom stereocenters. The summed E-state index contributed by atoms with van der Waals surface area (Å²) in [5.41, 5.74) is 0.471. The van der Waals surface area contributed by atoms with E-state index < -0.39 is 5.60 Å². The summed E-state index contributed by atoms with van der Waals surface area (Å²) in [5, 5.41) is 0. The third-order valence-corrected chi connectivity index (χ3v) is 3.39. The predicted molar refractivity (Wildman–Crippen MR) is 75.9 cm³/mol. The van der Waals surface area contributed by atoms with E-state index in [0.717, 1.165) is 24.8 Å². The molecule has 1 aliphatic rings. The molecule has 20 heavy (non-hydrogen) atoms. The molecule has 0 aliphatic carbocycles. The van der Waals surface area contributed by atoms with Gasteiger partial charge in [-0.25, -0.2) is 9.18 Å². The average Bonchev–Trinajstić information content (AvgIpc) is 2.38. The SMILES string of the molecule is CC(C)(C)OC(=O)N1CCCC[C@@H]1c1ccc(F)cc1. The minimum absolute atomic E-state index is 0.0146. The van der Waals surface area contributed by atoms with Gasteiger partial charge in [0.1, 0.15) is 11.4 Å². The van der Waals surface area contributed by atoms with Crippen molar-refractivity contribution in [3.05, 3.63) is 35.6 Å². The van der Waals surface area contributed by atoms with E-state index in [1.165, 1.54) is 12.1 Å². The summed E-state index contributed by atoms with van der Waals surface area (Å²) >= 11 is 0. The summed E-state index contributed by atoms with van der Waals surface area (Å²) in [5.74, 6) is -0.256. The van der Waals surface area contributed by atoms with Gasteiger partial charge >= 0.3 is 6.09 Å². The zero-order valence-corrected chi connectivity index (χ0v) is 12.4. The molecule has 1 heterocycles. The van der Waals surface area contributed by atoms with Crippen LogP contribution in [0.15, 0.2) is 24.3 Å². The number of halogens is 1. The van der Waals surface area contributed by atoms with Crippen LogP contribution in [0.3, 0.4) is 0 Å². The monoisotopic (exact) mass is 279 g/mol. The maximum absolute atomic E-state index is 13.0. The lowest BCUT2D eigenvalue weighted by molar-refractivity contribution is 0.00951. The number of carbonyl (C=O) groups is 1. The fraction of sp³-hybridized carbons (Fsp3) is 0.562. The third kappa shape index (κ3) is 3.71. The van der Waals surface area contributed by atoms with Gasteiger partial charge in [-0.15, -0.1) is 0 Å². The molecule has 4 heteroatoms. The minimum Gasteiger partial charge on any atom is -0.444 e. The fourth-order valence-corrected chi connectivity index (χ4v) is 2.50. The topological polar surface area (TPSA) is 29.5 Å². The van der Waals surface area contributed by atoms with E-state index in [0.29, 0.717) is 6.54 Å². The summed E-state index contributed by atoms with van der Waals surface area (Å²) in [6.45, 7) is 6.28. The van der Waals surface area contributed by atoms with Crippen LogP contribution >= 0.6 is 0 Å². The van der Waals surface area contributed by atoms with E-state index in [4.69, 9.17) is 4.74 Å². The molecule has 0 radical (unpaired) electrons. The molecule has 0 unspecified atom stereocenters. The molecular weight excluding hydrogens is 257 g/mol. The zero-order chi connectivity index (χ0) is 14.8. The van der Waals surface area contributed by atoms with Crippen molar-refractivity contribution in [3.8, 4) is 0 Å². The van der Waals surface area contributed by atoms with Gasteiger partial charge in [0.15, 0.2) is 0 Å². The van der Waals surface area contributed by atoms with Crippen molar-refractivity contribution < 1.29 is 13.9 Å². The van der Waals surface area contributed by atoms with Crippen LogP contribution in [0.4, 0.5) is 9.18 Å². The van der Waals surface area contributed by atoms with E-state index in [9.17, 15) is 9.18 Å². The second kappa shape index (κ2) is 5.81. The maximum Gasteiger partial charge on any atom is 0.410 e. The maximum atomic E-state index is 13.0. The number of benzene rings is 1. The Morgan fingerprint density at radius 2 is 1.90 bits per heavy atom. The molecule has 0 bridgehead atoms. The number of carbonyl (C=O) groups excluding carboxylic acids is 1. The Morgan fingerprint density at radius 3 is 2.50 bits per heavy atom. The lowest BCUT2D eigenvalue weighted by Crippen LogP contribution is -2.41. The highest BCUT2D eigenvalue weighted by molar-refractivity contribution is 5.69. The molecule has 1 aliphatic heterocycles.